The highest BCUT2D eigenvalue weighted by Gasteiger charge is 2.32. The Balaban J connectivity index is 0.000000168. The highest BCUT2D eigenvalue weighted by atomic mass is 35.5. The zero-order chi connectivity index (χ0) is 59.6. The number of hydrogen-bond donors (Lipinski definition) is 5. The lowest BCUT2D eigenvalue weighted by atomic mass is 9.99. The second kappa shape index (κ2) is 27.8. The maximum Gasteiger partial charge on any atom is 0.390 e. The van der Waals surface area contributed by atoms with E-state index >= 15 is 0 Å². The number of fused-ring (bicyclic) bond motifs is 5. The molecule has 0 spiro atoms. The first-order chi connectivity index (χ1) is 39.4. The van der Waals surface area contributed by atoms with Crippen LogP contribution >= 0.6 is 11.6 Å². The van der Waals surface area contributed by atoms with Gasteiger partial charge in [-0.05, 0) is 35.2 Å². The van der Waals surface area contributed by atoms with Gasteiger partial charge in [0.05, 0.1) is 34.7 Å². The lowest BCUT2D eigenvalue weighted by Gasteiger charge is -2.29. The van der Waals surface area contributed by atoms with Gasteiger partial charge in [-0.1, -0.05) is 49.4 Å². The monoisotopic (exact) mass is 1200 g/mol. The molecule has 0 saturated carbocycles. The van der Waals surface area contributed by atoms with Crippen molar-refractivity contribution in [3.63, 3.8) is 0 Å². The van der Waals surface area contributed by atoms with Gasteiger partial charge in [-0.2, -0.15) is 39.5 Å². The van der Waals surface area contributed by atoms with Crippen LogP contribution in [-0.2, 0) is 66.6 Å². The second-order valence-corrected chi connectivity index (χ2v) is 20.6. The van der Waals surface area contributed by atoms with Gasteiger partial charge in [0.15, 0.2) is 5.78 Å². The number of carbonyl (C=O) groups excluding carboxylic acids is 3. The van der Waals surface area contributed by atoms with Crippen LogP contribution in [0.3, 0.4) is 0 Å². The van der Waals surface area contributed by atoms with E-state index in [0.717, 1.165) is 107 Å². The van der Waals surface area contributed by atoms with Crippen molar-refractivity contribution in [1.82, 2.24) is 64.5 Å². The first-order valence-corrected chi connectivity index (χ1v) is 27.1. The highest BCUT2D eigenvalue weighted by molar-refractivity contribution is 6.33. The summed E-state index contributed by atoms with van der Waals surface area (Å²) in [5.41, 5.74) is 10.1. The number of anilines is 1. The number of aromatic nitrogens is 9. The molecule has 84 heavy (non-hydrogen) atoms. The number of benzene rings is 1. The molecule has 0 saturated heterocycles. The van der Waals surface area contributed by atoms with E-state index in [0.29, 0.717) is 41.5 Å². The van der Waals surface area contributed by atoms with Crippen molar-refractivity contribution in [1.29, 1.82) is 0 Å². The lowest BCUT2D eigenvalue weighted by Crippen LogP contribution is -2.33. The quantitative estimate of drug-likeness (QED) is 0.0422. The summed E-state index contributed by atoms with van der Waals surface area (Å²) in [6.07, 6.45) is -1.98. The largest absolute Gasteiger partial charge is 0.390 e. The molecule has 3 aliphatic heterocycles. The van der Waals surface area contributed by atoms with Gasteiger partial charge in [0.1, 0.15) is 34.9 Å². The molecule has 0 bridgehead atoms. The van der Waals surface area contributed by atoms with Crippen LogP contribution in [0.15, 0.2) is 86.1 Å². The maximum absolute atomic E-state index is 12.6. The summed E-state index contributed by atoms with van der Waals surface area (Å²) in [5, 5.41) is 10.1. The van der Waals surface area contributed by atoms with Crippen LogP contribution in [0.5, 0.6) is 0 Å². The number of alkyl halides is 9. The number of nitrogens with one attached hydrogen (secondary N) is 5. The Morgan fingerprint density at radius 3 is 1.74 bits per heavy atom. The van der Waals surface area contributed by atoms with Gasteiger partial charge in [0, 0.05) is 171 Å². The number of hydrogen-bond acceptors (Lipinski definition) is 10. The molecule has 8 aromatic rings. The van der Waals surface area contributed by atoms with Crippen LogP contribution in [0.1, 0.15) is 110 Å². The molecule has 0 radical (unpaired) electrons. The summed E-state index contributed by atoms with van der Waals surface area (Å²) in [6.45, 7) is 4.15. The van der Waals surface area contributed by atoms with Crippen molar-refractivity contribution in [2.75, 3.05) is 37.6 Å². The molecule has 10 heterocycles. The maximum atomic E-state index is 12.6. The second-order valence-electron chi connectivity index (χ2n) is 20.3. The van der Waals surface area contributed by atoms with Crippen molar-refractivity contribution < 1.29 is 53.9 Å². The van der Waals surface area contributed by atoms with Gasteiger partial charge in [-0.25, -0.2) is 19.9 Å². The molecule has 7 aromatic heterocycles. The van der Waals surface area contributed by atoms with Crippen LogP contribution in [-0.4, -0.2) is 117 Å². The molecule has 452 valence electrons. The third-order valence-electron chi connectivity index (χ3n) is 14.3. The molecule has 0 fully saturated rings. The molecule has 1 aromatic carbocycles. The number of aromatic amines is 2. The Morgan fingerprint density at radius 1 is 0.619 bits per heavy atom. The number of aryl methyl sites for hydroxylation is 3. The van der Waals surface area contributed by atoms with Crippen LogP contribution in [0.4, 0.5) is 45.3 Å². The smallest absolute Gasteiger partial charge is 0.353 e. The molecule has 5 N–H and O–H groups in total. The standard InChI is InChI=1S/C19H20F3N5O.C19H22F3N3O.C12H16F3N3O.C6H4ClN3.CH4/c1-26-9-14(16(28)3-2-6-19(20,21)22)13-10-27(8-5-15(13)26)18-12-4-7-23-17(12)24-11-25-18;1-24-12-16(18(26)23-9-8-19(20,21)22)15-13-25(10-7-17(15)24)11-14-5-3-2-4-6-14;1-18-7-9(8-6-16-4-2-10(8)18)11(19)17-5-3-12(13,14)15;7-5-4-1-2-8-6(4)10-3-9-5;/h4,7,9,11H,2-3,5-6,8,10H2,1H3,(H,23,24,25);2-6,12H,7-11,13H2,1H3,(H,23,26);7,16H,2-6H2,1H3,(H,17,19);1-3H,(H,8,9,10);1H4. The Kier molecular flexibility index (Phi) is 21.1. The Morgan fingerprint density at radius 2 is 1.14 bits per heavy atom. The third-order valence-corrected chi connectivity index (χ3v) is 14.7. The minimum atomic E-state index is -4.27. The fraction of sp³-hybridized carbons (Fsp3) is 0.421. The molecule has 11 rings (SSSR count). The molecule has 3 aliphatic rings. The molecule has 0 unspecified atom stereocenters. The number of Topliss-reactive ketones (excluding diaryl/α,β-unsaturated/α-hetero) is 1. The summed E-state index contributed by atoms with van der Waals surface area (Å²) < 4.78 is 116. The zero-order valence-corrected chi connectivity index (χ0v) is 46.4. The van der Waals surface area contributed by atoms with E-state index in [2.05, 4.69) is 67.8 Å². The topological polar surface area (TPSA) is 192 Å². The number of halogens is 10. The SMILES string of the molecule is C.Clc1ncnc2[nH]ccc12.Cn1cc(C(=O)CCCC(F)(F)F)c2c1CCN(c1ncnc3[nH]ccc13)C2.Cn1cc(C(=O)NCCC(F)(F)F)c2c1CCN(Cc1ccccc1)C2.Cn1cc(C(=O)NCCC(F)(F)F)c2c1CCNC2. The van der Waals surface area contributed by atoms with Crippen LogP contribution in [0.2, 0.25) is 5.15 Å². The number of carbonyl (C=O) groups is 3. The Bertz CT molecular complexity index is 3510. The zero-order valence-electron chi connectivity index (χ0n) is 45.6. The first kappa shape index (κ1) is 63.9. The van der Waals surface area contributed by atoms with Gasteiger partial charge < -0.3 is 44.5 Å². The normalized spacial score (nSPS) is 14.1. The van der Waals surface area contributed by atoms with Gasteiger partial charge in [0.2, 0.25) is 0 Å². The number of rotatable bonds is 13. The average molecular weight is 1200 g/mol. The predicted molar refractivity (Wildman–Crippen MR) is 300 cm³/mol. The fourth-order valence-electron chi connectivity index (χ4n) is 10.3. The van der Waals surface area contributed by atoms with Crippen molar-refractivity contribution in [3.8, 4) is 0 Å². The molecule has 27 heteroatoms. The van der Waals surface area contributed by atoms with E-state index < -0.39 is 56.2 Å². The van der Waals surface area contributed by atoms with E-state index in [-0.39, 0.29) is 32.6 Å². The molecule has 17 nitrogen and oxygen atoms in total. The van der Waals surface area contributed by atoms with Gasteiger partial charge >= 0.3 is 18.5 Å². The minimum absolute atomic E-state index is 0. The molecule has 0 aliphatic carbocycles. The average Bonchev–Trinajstić information content (AvgIpc) is 4.12. The van der Waals surface area contributed by atoms with Crippen LogP contribution < -0.4 is 20.9 Å². The summed E-state index contributed by atoms with van der Waals surface area (Å²) in [5.74, 6) is -0.328. The van der Waals surface area contributed by atoms with E-state index in [1.54, 1.807) is 31.0 Å². The fourth-order valence-corrected chi connectivity index (χ4v) is 10.5. The van der Waals surface area contributed by atoms with Gasteiger partial charge in [-0.3, -0.25) is 19.3 Å². The Hall–Kier alpha value is -7.71. The number of ketones is 1. The first-order valence-electron chi connectivity index (χ1n) is 26.7. The molecule has 2 amide bonds. The highest BCUT2D eigenvalue weighted by Crippen LogP contribution is 2.33. The predicted octanol–water partition coefficient (Wildman–Crippen LogP) is 10.6. The lowest BCUT2D eigenvalue weighted by molar-refractivity contribution is -0.135. The summed E-state index contributed by atoms with van der Waals surface area (Å²) >= 11 is 5.73. The molecular formula is C57H66ClF9N14O3. The number of H-pyrrole nitrogens is 2. The number of nitrogens with zero attached hydrogens (tertiary/aromatic N) is 9. The van der Waals surface area contributed by atoms with Crippen LogP contribution in [0.25, 0.3) is 22.1 Å². The molecular weight excluding hydrogens is 1140 g/mol. The van der Waals surface area contributed by atoms with Crippen molar-refractivity contribution in [2.24, 2.45) is 21.1 Å². The van der Waals surface area contributed by atoms with E-state index in [1.807, 2.05) is 65.2 Å². The van der Waals surface area contributed by atoms with Crippen molar-refractivity contribution >= 4 is 57.1 Å². The summed E-state index contributed by atoms with van der Waals surface area (Å²) in [7, 11) is 5.59. The van der Waals surface area contributed by atoms with E-state index in [9.17, 15) is 53.9 Å². The van der Waals surface area contributed by atoms with Crippen molar-refractivity contribution in [3.05, 3.63) is 147 Å². The van der Waals surface area contributed by atoms with Gasteiger partial charge in [0.25, 0.3) is 11.8 Å². The third kappa shape index (κ3) is 16.8. The van der Waals surface area contributed by atoms with E-state index in [4.69, 9.17) is 11.6 Å². The number of amides is 2. The van der Waals surface area contributed by atoms with Crippen LogP contribution in [0, 0.1) is 0 Å². The van der Waals surface area contributed by atoms with Crippen molar-refractivity contribution in [2.45, 2.75) is 104 Å². The summed E-state index contributed by atoms with van der Waals surface area (Å²) in [4.78, 5) is 63.6. The molecule has 0 atom stereocenters. The minimum Gasteiger partial charge on any atom is -0.353 e. The van der Waals surface area contributed by atoms with Gasteiger partial charge in [-0.15, -0.1) is 0 Å². The van der Waals surface area contributed by atoms with E-state index in [1.165, 1.54) is 18.2 Å². The Labute approximate surface area is 483 Å². The summed E-state index contributed by atoms with van der Waals surface area (Å²) in [6, 6.07) is 13.8.